The maximum Gasteiger partial charge on any atom is 0.181 e. The van der Waals surface area contributed by atoms with E-state index in [2.05, 4.69) is 16.4 Å². The van der Waals surface area contributed by atoms with Crippen molar-refractivity contribution >= 4 is 11.8 Å². The van der Waals surface area contributed by atoms with Crippen LogP contribution in [0.3, 0.4) is 0 Å². The molecule has 5 heteroatoms. The van der Waals surface area contributed by atoms with Crippen molar-refractivity contribution in [1.82, 2.24) is 4.98 Å². The first kappa shape index (κ1) is 9.88. The number of hydrogen-bond donors (Lipinski definition) is 1. The molecule has 17 heavy (non-hydrogen) atoms. The molecule has 1 fully saturated rings. The van der Waals surface area contributed by atoms with E-state index in [0.29, 0.717) is 28.5 Å². The molecule has 0 radical (unpaired) electrons. The minimum atomic E-state index is -0.586. The monoisotopic (exact) mass is 227 g/mol. The zero-order valence-electron chi connectivity index (χ0n) is 9.20. The van der Waals surface area contributed by atoms with Gasteiger partial charge in [-0.05, 0) is 25.8 Å². The molecule has 0 amide bonds. The SMILES string of the molecule is Cc1cc(C#N)c2c(n1)NC(=C=O)C1(CC1)O2. The Balaban J connectivity index is 2.19. The molecule has 1 spiro atoms. The molecule has 1 N–H and O–H groups in total. The summed E-state index contributed by atoms with van der Waals surface area (Å²) in [5.41, 5.74) is 0.939. The molecule has 3 rings (SSSR count). The van der Waals surface area contributed by atoms with Crippen LogP contribution in [-0.2, 0) is 4.79 Å². The number of carbonyl (C=O) groups excluding carboxylic acids is 1. The van der Waals surface area contributed by atoms with Crippen LogP contribution in [0.25, 0.3) is 0 Å². The van der Waals surface area contributed by atoms with Gasteiger partial charge in [0.25, 0.3) is 0 Å². The van der Waals surface area contributed by atoms with Gasteiger partial charge in [0.05, 0.1) is 5.56 Å². The van der Waals surface area contributed by atoms with Crippen LogP contribution >= 0.6 is 0 Å². The first-order valence-electron chi connectivity index (χ1n) is 5.32. The average Bonchev–Trinajstić information content (AvgIpc) is 3.08. The van der Waals surface area contributed by atoms with Crippen molar-refractivity contribution in [3.8, 4) is 11.8 Å². The number of fused-ring (bicyclic) bond motifs is 1. The summed E-state index contributed by atoms with van der Waals surface area (Å²) in [4.78, 5) is 15.1. The van der Waals surface area contributed by atoms with Gasteiger partial charge in [0.1, 0.15) is 17.7 Å². The molecule has 84 valence electrons. The summed E-state index contributed by atoms with van der Waals surface area (Å²) in [5, 5.41) is 12.0. The number of nitrogens with zero attached hydrogens (tertiary/aromatic N) is 2. The maximum absolute atomic E-state index is 10.9. The van der Waals surface area contributed by atoms with Gasteiger partial charge in [-0.15, -0.1) is 0 Å². The largest absolute Gasteiger partial charge is 0.475 e. The molecular formula is C12H9N3O2. The van der Waals surface area contributed by atoms with E-state index in [1.807, 2.05) is 5.94 Å². The summed E-state index contributed by atoms with van der Waals surface area (Å²) in [7, 11) is 0. The third-order valence-electron chi connectivity index (χ3n) is 3.02. The molecule has 0 aromatic carbocycles. The fourth-order valence-electron chi connectivity index (χ4n) is 2.00. The highest BCUT2D eigenvalue weighted by Gasteiger charge is 2.54. The van der Waals surface area contributed by atoms with E-state index in [-0.39, 0.29) is 0 Å². The van der Waals surface area contributed by atoms with Gasteiger partial charge >= 0.3 is 0 Å². The van der Waals surface area contributed by atoms with E-state index >= 15 is 0 Å². The van der Waals surface area contributed by atoms with Crippen molar-refractivity contribution in [2.45, 2.75) is 25.4 Å². The van der Waals surface area contributed by atoms with Gasteiger partial charge in [-0.2, -0.15) is 5.26 Å². The Labute approximate surface area is 97.7 Å². The molecule has 0 bridgehead atoms. The van der Waals surface area contributed by atoms with Crippen molar-refractivity contribution in [3.05, 3.63) is 23.0 Å². The minimum absolute atomic E-state index is 0.381. The lowest BCUT2D eigenvalue weighted by molar-refractivity contribution is 0.211. The van der Waals surface area contributed by atoms with Gasteiger partial charge < -0.3 is 10.1 Å². The van der Waals surface area contributed by atoms with E-state index in [0.717, 1.165) is 12.8 Å². The van der Waals surface area contributed by atoms with E-state index in [1.165, 1.54) is 0 Å². The highest BCUT2D eigenvalue weighted by Crippen LogP contribution is 2.50. The van der Waals surface area contributed by atoms with Crippen molar-refractivity contribution in [3.63, 3.8) is 0 Å². The van der Waals surface area contributed by atoms with Gasteiger partial charge in [-0.1, -0.05) is 0 Å². The van der Waals surface area contributed by atoms with Crippen LogP contribution in [0.2, 0.25) is 0 Å². The van der Waals surface area contributed by atoms with E-state index in [4.69, 9.17) is 10.00 Å². The molecule has 0 unspecified atom stereocenters. The maximum atomic E-state index is 10.9. The van der Waals surface area contributed by atoms with Crippen LogP contribution in [0.1, 0.15) is 24.1 Å². The molecule has 1 aliphatic heterocycles. The lowest BCUT2D eigenvalue weighted by Gasteiger charge is -2.27. The molecule has 1 aromatic heterocycles. The number of nitriles is 1. The van der Waals surface area contributed by atoms with Crippen LogP contribution in [0.4, 0.5) is 5.82 Å². The Hall–Kier alpha value is -2.31. The van der Waals surface area contributed by atoms with Crippen LogP contribution in [-0.4, -0.2) is 16.5 Å². The predicted octanol–water partition coefficient (Wildman–Crippen LogP) is 1.31. The van der Waals surface area contributed by atoms with E-state index < -0.39 is 5.60 Å². The summed E-state index contributed by atoms with van der Waals surface area (Å²) in [6, 6.07) is 3.75. The van der Waals surface area contributed by atoms with Crippen LogP contribution in [0, 0.1) is 18.3 Å². The number of pyridine rings is 1. The molecular weight excluding hydrogens is 218 g/mol. The molecule has 2 aliphatic rings. The molecule has 1 aliphatic carbocycles. The van der Waals surface area contributed by atoms with Gasteiger partial charge in [0.15, 0.2) is 17.2 Å². The summed E-state index contributed by atoms with van der Waals surface area (Å²) in [5.74, 6) is 2.73. The van der Waals surface area contributed by atoms with Gasteiger partial charge in [0.2, 0.25) is 0 Å². The fraction of sp³-hybridized carbons (Fsp3) is 0.333. The van der Waals surface area contributed by atoms with Crippen LogP contribution < -0.4 is 10.1 Å². The second-order valence-electron chi connectivity index (χ2n) is 4.30. The molecule has 1 saturated carbocycles. The van der Waals surface area contributed by atoms with Gasteiger partial charge in [-0.25, -0.2) is 9.78 Å². The Kier molecular flexibility index (Phi) is 1.80. The summed E-state index contributed by atoms with van der Waals surface area (Å²) in [6.45, 7) is 1.79. The van der Waals surface area contributed by atoms with Crippen molar-refractivity contribution in [2.75, 3.05) is 5.32 Å². The number of aryl methyl sites for hydroxylation is 1. The zero-order valence-corrected chi connectivity index (χ0v) is 9.20. The minimum Gasteiger partial charge on any atom is -0.475 e. The summed E-state index contributed by atoms with van der Waals surface area (Å²) >= 11 is 0. The lowest BCUT2D eigenvalue weighted by Crippen LogP contribution is -2.32. The Morgan fingerprint density at radius 1 is 1.59 bits per heavy atom. The molecule has 1 aromatic rings. The third-order valence-corrected chi connectivity index (χ3v) is 3.02. The average molecular weight is 227 g/mol. The zero-order chi connectivity index (χ0) is 12.0. The first-order valence-corrected chi connectivity index (χ1v) is 5.32. The smallest absolute Gasteiger partial charge is 0.181 e. The number of aromatic nitrogens is 1. The molecule has 0 saturated heterocycles. The quantitative estimate of drug-likeness (QED) is 0.676. The standard InChI is InChI=1S/C12H9N3O2/c1-7-4-8(5-13)10-11(14-7)15-9(6-16)12(17-10)2-3-12/h4H,2-3H2,1H3,(H,14,15). The highest BCUT2D eigenvalue weighted by atomic mass is 16.5. The second-order valence-corrected chi connectivity index (χ2v) is 4.30. The van der Waals surface area contributed by atoms with Crippen LogP contribution in [0.5, 0.6) is 5.75 Å². The number of nitrogens with one attached hydrogen (secondary N) is 1. The number of ether oxygens (including phenoxy) is 1. The lowest BCUT2D eigenvalue weighted by atomic mass is 10.1. The van der Waals surface area contributed by atoms with E-state index in [1.54, 1.807) is 13.0 Å². The molecule has 2 heterocycles. The number of rotatable bonds is 0. The predicted molar refractivity (Wildman–Crippen MR) is 59.1 cm³/mol. The van der Waals surface area contributed by atoms with E-state index in [9.17, 15) is 4.79 Å². The Morgan fingerprint density at radius 2 is 2.35 bits per heavy atom. The number of hydrogen-bond acceptors (Lipinski definition) is 5. The van der Waals surface area contributed by atoms with Gasteiger partial charge in [0, 0.05) is 5.69 Å². The Morgan fingerprint density at radius 3 is 2.94 bits per heavy atom. The molecule has 0 atom stereocenters. The van der Waals surface area contributed by atoms with Gasteiger partial charge in [-0.3, -0.25) is 0 Å². The highest BCUT2D eigenvalue weighted by molar-refractivity contribution is 5.73. The van der Waals surface area contributed by atoms with Crippen molar-refractivity contribution in [1.29, 1.82) is 5.26 Å². The third kappa shape index (κ3) is 1.32. The second kappa shape index (κ2) is 3.09. The fourth-order valence-corrected chi connectivity index (χ4v) is 2.00. The molecule has 5 nitrogen and oxygen atoms in total. The normalized spacial score (nSPS) is 18.5. The van der Waals surface area contributed by atoms with Crippen molar-refractivity contribution < 1.29 is 9.53 Å². The number of anilines is 1. The van der Waals surface area contributed by atoms with Crippen LogP contribution in [0.15, 0.2) is 11.8 Å². The van der Waals surface area contributed by atoms with Crippen molar-refractivity contribution in [2.24, 2.45) is 0 Å². The Bertz CT molecular complexity index is 605. The summed E-state index contributed by atoms with van der Waals surface area (Å²) in [6.07, 6.45) is 1.53. The first-order chi connectivity index (χ1) is 8.18. The topological polar surface area (TPSA) is 75.0 Å². The summed E-state index contributed by atoms with van der Waals surface area (Å²) < 4.78 is 5.76.